The monoisotopic (exact) mass is 202 g/mol. The first-order valence-electron chi connectivity index (χ1n) is 2.07. The fourth-order valence-corrected chi connectivity index (χ4v) is 0.751. The van der Waals surface area contributed by atoms with Gasteiger partial charge in [0.25, 0.3) is 0 Å². The molecule has 0 amide bonds. The number of halogens is 1. The van der Waals surface area contributed by atoms with Crippen LogP contribution in [0.1, 0.15) is 0 Å². The Kier molecular flexibility index (Phi) is 3.30. The molecule has 0 aliphatic carbocycles. The molecule has 0 aliphatic heterocycles. The second-order valence-electron chi connectivity index (χ2n) is 1.29. The predicted molar refractivity (Wildman–Crippen MR) is 34.2 cm³/mol. The zero-order chi connectivity index (χ0) is 9.07. The third-order valence-corrected chi connectivity index (χ3v) is 1.09. The lowest BCUT2D eigenvalue weighted by molar-refractivity contribution is -0.135. The van der Waals surface area contributed by atoms with Gasteiger partial charge in [-0.25, -0.2) is 4.79 Å². The van der Waals surface area contributed by atoms with Gasteiger partial charge in [-0.15, -0.1) is 0 Å². The Morgan fingerprint density at radius 1 is 1.55 bits per heavy atom. The summed E-state index contributed by atoms with van der Waals surface area (Å²) >= 11 is 4.83. The highest BCUT2D eigenvalue weighted by Gasteiger charge is 2.15. The molecule has 8 heteroatoms. The molecule has 0 heterocycles. The van der Waals surface area contributed by atoms with Crippen LogP contribution in [-0.2, 0) is 19.4 Å². The Bertz CT molecular complexity index is 276. The molecule has 0 radical (unpaired) electrons. The molecule has 0 unspecified atom stereocenters. The molecule has 64 valence electrons. The fraction of sp³-hybridized carbons (Fsp3) is 0. The van der Waals surface area contributed by atoms with E-state index in [4.69, 9.17) is 21.3 Å². The topological polar surface area (TPSA) is 101 Å². The lowest BCUT2D eigenvalue weighted by Crippen LogP contribution is -2.10. The van der Waals surface area contributed by atoms with E-state index in [-0.39, 0.29) is 0 Å². The lowest BCUT2D eigenvalue weighted by Gasteiger charge is -1.98. The van der Waals surface area contributed by atoms with Gasteiger partial charge >= 0.3 is 16.4 Å². The molecule has 6 nitrogen and oxygen atoms in total. The fourth-order valence-electron chi connectivity index (χ4n) is 0.214. The average molecular weight is 203 g/mol. The summed E-state index contributed by atoms with van der Waals surface area (Å²) in [6.07, 6.45) is 0. The van der Waals surface area contributed by atoms with E-state index in [0.29, 0.717) is 5.54 Å². The number of carbonyl (C=O) groups is 1. The molecule has 0 aromatic rings. The van der Waals surface area contributed by atoms with Crippen molar-refractivity contribution in [2.75, 3.05) is 0 Å². The minimum Gasteiger partial charge on any atom is -0.475 e. The quantitative estimate of drug-likeness (QED) is 0.379. The van der Waals surface area contributed by atoms with E-state index >= 15 is 0 Å². The van der Waals surface area contributed by atoms with Gasteiger partial charge in [0.2, 0.25) is 5.76 Å². The van der Waals surface area contributed by atoms with E-state index in [9.17, 15) is 13.2 Å². The molecule has 0 saturated carbocycles. The summed E-state index contributed by atoms with van der Waals surface area (Å²) in [4.78, 5) is 9.95. The molecular formula is C3H3ClO6S. The van der Waals surface area contributed by atoms with E-state index in [0.717, 1.165) is 0 Å². The largest absolute Gasteiger partial charge is 0.475 e. The van der Waals surface area contributed by atoms with Crippen LogP contribution in [0.5, 0.6) is 0 Å². The van der Waals surface area contributed by atoms with Crippen LogP contribution in [0, 0.1) is 0 Å². The van der Waals surface area contributed by atoms with Gasteiger partial charge in [-0.1, -0.05) is 11.6 Å². The molecule has 0 bridgehead atoms. The van der Waals surface area contributed by atoms with Gasteiger partial charge in [-0.3, -0.25) is 4.55 Å². The van der Waals surface area contributed by atoms with Gasteiger partial charge < -0.3 is 9.29 Å². The second kappa shape index (κ2) is 3.56. The van der Waals surface area contributed by atoms with Crippen molar-refractivity contribution >= 4 is 28.0 Å². The van der Waals surface area contributed by atoms with Crippen molar-refractivity contribution in [3.05, 3.63) is 11.3 Å². The number of rotatable bonds is 3. The highest BCUT2D eigenvalue weighted by atomic mass is 35.5. The van der Waals surface area contributed by atoms with Crippen LogP contribution in [0.15, 0.2) is 11.3 Å². The maximum absolute atomic E-state index is 9.95. The zero-order valence-electron chi connectivity index (χ0n) is 4.89. The summed E-state index contributed by atoms with van der Waals surface area (Å²) in [6.45, 7) is 0. The van der Waals surface area contributed by atoms with Crippen LogP contribution in [0.25, 0.3) is 0 Å². The molecule has 0 rings (SSSR count). The molecule has 0 aromatic heterocycles. The second-order valence-corrected chi connectivity index (χ2v) is 2.53. The van der Waals surface area contributed by atoms with E-state index in [1.165, 1.54) is 0 Å². The van der Waals surface area contributed by atoms with Gasteiger partial charge in [-0.2, -0.15) is 8.42 Å². The number of hydrogen-bond donors (Lipinski definition) is 2. The van der Waals surface area contributed by atoms with Gasteiger partial charge in [0.05, 0.1) is 5.54 Å². The van der Waals surface area contributed by atoms with Gasteiger partial charge in [0.1, 0.15) is 0 Å². The summed E-state index contributed by atoms with van der Waals surface area (Å²) in [5, 5.41) is 8.08. The van der Waals surface area contributed by atoms with Crippen LogP contribution >= 0.6 is 11.6 Å². The molecule has 0 atom stereocenters. The van der Waals surface area contributed by atoms with Gasteiger partial charge in [0.15, 0.2) is 0 Å². The van der Waals surface area contributed by atoms with Crippen molar-refractivity contribution in [1.29, 1.82) is 0 Å². The standard InChI is InChI=1S/C3H3ClO6S/c4-1-2(3(5)6)10-11(7,8)9/h1H,(H,5,6)(H,7,8,9)/b2-1-. The Balaban J connectivity index is 4.50. The first-order valence-corrected chi connectivity index (χ1v) is 3.87. The Morgan fingerprint density at radius 3 is 2.09 bits per heavy atom. The van der Waals surface area contributed by atoms with Crippen molar-refractivity contribution < 1.29 is 27.1 Å². The summed E-state index contributed by atoms with van der Waals surface area (Å²) in [7, 11) is -4.81. The Morgan fingerprint density at radius 2 is 2.00 bits per heavy atom. The van der Waals surface area contributed by atoms with Crippen molar-refractivity contribution in [2.45, 2.75) is 0 Å². The zero-order valence-corrected chi connectivity index (χ0v) is 6.46. The highest BCUT2D eigenvalue weighted by molar-refractivity contribution is 7.81. The summed E-state index contributed by atoms with van der Waals surface area (Å²) in [5.41, 5.74) is 0.371. The van der Waals surface area contributed by atoms with Gasteiger partial charge in [-0.05, 0) is 0 Å². The van der Waals surface area contributed by atoms with E-state index < -0.39 is 22.1 Å². The van der Waals surface area contributed by atoms with Crippen molar-refractivity contribution in [2.24, 2.45) is 0 Å². The minimum absolute atomic E-state index is 0.371. The first kappa shape index (κ1) is 10.2. The summed E-state index contributed by atoms with van der Waals surface area (Å²) in [5.74, 6) is -2.77. The molecular weight excluding hydrogens is 200 g/mol. The molecule has 0 aromatic carbocycles. The number of carboxylic acid groups (broad SMARTS) is 1. The highest BCUT2D eigenvalue weighted by Crippen LogP contribution is 2.03. The minimum atomic E-state index is -4.81. The van der Waals surface area contributed by atoms with Crippen LogP contribution in [0.4, 0.5) is 0 Å². The normalized spacial score (nSPS) is 12.7. The number of carboxylic acids is 1. The Labute approximate surface area is 67.0 Å². The molecule has 0 aliphatic rings. The first-order chi connectivity index (χ1) is 4.87. The van der Waals surface area contributed by atoms with E-state index in [1.807, 2.05) is 0 Å². The molecule has 0 saturated heterocycles. The number of aliphatic carboxylic acids is 1. The average Bonchev–Trinajstić information content (AvgIpc) is 1.80. The molecule has 0 spiro atoms. The molecule has 2 N–H and O–H groups in total. The van der Waals surface area contributed by atoms with Crippen molar-refractivity contribution in [3.63, 3.8) is 0 Å². The smallest absolute Gasteiger partial charge is 0.446 e. The maximum atomic E-state index is 9.95. The van der Waals surface area contributed by atoms with Crippen LogP contribution < -0.4 is 0 Å². The summed E-state index contributed by atoms with van der Waals surface area (Å²) in [6, 6.07) is 0. The third kappa shape index (κ3) is 4.59. The van der Waals surface area contributed by atoms with Crippen molar-refractivity contribution in [1.82, 2.24) is 0 Å². The third-order valence-electron chi connectivity index (χ3n) is 0.505. The van der Waals surface area contributed by atoms with Gasteiger partial charge in [0, 0.05) is 0 Å². The van der Waals surface area contributed by atoms with Crippen LogP contribution in [-0.4, -0.2) is 24.0 Å². The Hall–Kier alpha value is -0.790. The lowest BCUT2D eigenvalue weighted by atomic mass is 10.6. The number of hydrogen-bond acceptors (Lipinski definition) is 4. The van der Waals surface area contributed by atoms with Crippen LogP contribution in [0.3, 0.4) is 0 Å². The SMILES string of the molecule is O=C(O)/C(=C/Cl)OS(=O)(=O)O. The van der Waals surface area contributed by atoms with E-state index in [1.54, 1.807) is 0 Å². The predicted octanol–water partition coefficient (Wildman–Crippen LogP) is -0.0294. The van der Waals surface area contributed by atoms with E-state index in [2.05, 4.69) is 4.18 Å². The molecule has 0 fully saturated rings. The molecule has 11 heavy (non-hydrogen) atoms. The summed E-state index contributed by atoms with van der Waals surface area (Å²) < 4.78 is 31.2. The van der Waals surface area contributed by atoms with Crippen molar-refractivity contribution in [3.8, 4) is 0 Å². The maximum Gasteiger partial charge on any atom is 0.446 e. The van der Waals surface area contributed by atoms with Crippen LogP contribution in [0.2, 0.25) is 0 Å².